The van der Waals surface area contributed by atoms with Crippen LogP contribution in [-0.2, 0) is 4.57 Å². The van der Waals surface area contributed by atoms with Gasteiger partial charge in [-0.25, -0.2) is 0 Å². The summed E-state index contributed by atoms with van der Waals surface area (Å²) in [5, 5.41) is 8.51. The van der Waals surface area contributed by atoms with Crippen molar-refractivity contribution in [1.82, 2.24) is 0 Å². The minimum Gasteiger partial charge on any atom is -0.396 e. The smallest absolute Gasteiger partial charge is 0.396 e. The lowest BCUT2D eigenvalue weighted by atomic mass is 10.1. The van der Waals surface area contributed by atoms with Gasteiger partial charge in [-0.15, -0.1) is 9.79 Å². The highest BCUT2D eigenvalue weighted by Crippen LogP contribution is 2.07. The molecule has 0 unspecified atom stereocenters. The fourth-order valence-corrected chi connectivity index (χ4v) is 1.25. The van der Waals surface area contributed by atoms with Crippen molar-refractivity contribution >= 4 is 8.25 Å². The van der Waals surface area contributed by atoms with Crippen LogP contribution in [0.2, 0.25) is 0 Å². The quantitative estimate of drug-likeness (QED) is 0.449. The van der Waals surface area contributed by atoms with Crippen molar-refractivity contribution in [2.45, 2.75) is 58.3 Å². The second-order valence-electron chi connectivity index (χ2n) is 3.45. The molecule has 15 heavy (non-hydrogen) atoms. The maximum absolute atomic E-state index is 8.70. The molecule has 92 valence electrons. The summed E-state index contributed by atoms with van der Waals surface area (Å²) in [4.78, 5) is 14.2. The van der Waals surface area contributed by atoms with Crippen molar-refractivity contribution in [2.75, 3.05) is 6.61 Å². The summed E-state index contributed by atoms with van der Waals surface area (Å²) in [5.41, 5.74) is 0. The first-order valence-electron chi connectivity index (χ1n) is 5.61. The number of rotatable bonds is 8. The lowest BCUT2D eigenvalue weighted by molar-refractivity contribution is 0.282. The Morgan fingerprint density at radius 2 is 1.20 bits per heavy atom. The predicted octanol–water partition coefficient (Wildman–Crippen LogP) is 2.75. The molecule has 0 aliphatic heterocycles. The topological polar surface area (TPSA) is 77.8 Å². The average Bonchev–Trinajstić information content (AvgIpc) is 2.16. The lowest BCUT2D eigenvalue weighted by Gasteiger charge is -1.98. The van der Waals surface area contributed by atoms with Crippen LogP contribution in [0.3, 0.4) is 0 Å². The highest BCUT2D eigenvalue weighted by molar-refractivity contribution is 7.30. The summed E-state index contributed by atoms with van der Waals surface area (Å²) in [5.74, 6) is 0. The molecule has 0 spiro atoms. The Bertz CT molecular complexity index is 119. The lowest BCUT2D eigenvalue weighted by Crippen LogP contribution is -1.83. The minimum atomic E-state index is -2.87. The highest BCUT2D eigenvalue weighted by Gasteiger charge is 1.93. The van der Waals surface area contributed by atoms with Crippen molar-refractivity contribution < 1.29 is 19.5 Å². The molecule has 0 bridgehead atoms. The zero-order valence-electron chi connectivity index (χ0n) is 9.56. The van der Waals surface area contributed by atoms with Gasteiger partial charge in [0.2, 0.25) is 0 Å². The Kier molecular flexibility index (Phi) is 19.0. The van der Waals surface area contributed by atoms with Crippen LogP contribution in [0.4, 0.5) is 0 Å². The van der Waals surface area contributed by atoms with E-state index in [9.17, 15) is 0 Å². The average molecular weight is 239 g/mol. The van der Waals surface area contributed by atoms with E-state index < -0.39 is 8.25 Å². The summed E-state index contributed by atoms with van der Waals surface area (Å²) in [7, 11) is -2.87. The van der Waals surface area contributed by atoms with Crippen LogP contribution in [-0.4, -0.2) is 21.5 Å². The monoisotopic (exact) mass is 239 g/mol. The molecule has 0 saturated carbocycles. The van der Waals surface area contributed by atoms with Crippen LogP contribution in [0.15, 0.2) is 0 Å². The van der Waals surface area contributed by atoms with Crippen molar-refractivity contribution in [3.63, 3.8) is 0 Å². The third kappa shape index (κ3) is 31.5. The molecule has 0 saturated heterocycles. The summed E-state index contributed by atoms with van der Waals surface area (Å²) < 4.78 is 8.70. The van der Waals surface area contributed by atoms with Gasteiger partial charge < -0.3 is 5.11 Å². The SMILES string of the molecule is CCCCCCCCCCO.O=[P+](O)O. The molecule has 0 aromatic rings. The van der Waals surface area contributed by atoms with E-state index in [2.05, 4.69) is 6.92 Å². The highest BCUT2D eigenvalue weighted by atomic mass is 31.1. The molecular weight excluding hydrogens is 215 g/mol. The summed E-state index contributed by atoms with van der Waals surface area (Å²) in [6.45, 7) is 2.61. The predicted molar refractivity (Wildman–Crippen MR) is 61.7 cm³/mol. The van der Waals surface area contributed by atoms with E-state index in [1.54, 1.807) is 0 Å². The summed E-state index contributed by atoms with van der Waals surface area (Å²) >= 11 is 0. The molecule has 5 heteroatoms. The Balaban J connectivity index is 0. The zero-order valence-corrected chi connectivity index (χ0v) is 10.5. The van der Waals surface area contributed by atoms with Gasteiger partial charge in [-0.3, -0.25) is 0 Å². The van der Waals surface area contributed by atoms with Crippen molar-refractivity contribution in [1.29, 1.82) is 0 Å². The first-order valence-corrected chi connectivity index (χ1v) is 6.77. The Labute approximate surface area is 93.3 Å². The number of unbranched alkanes of at least 4 members (excludes halogenated alkanes) is 7. The molecule has 0 heterocycles. The van der Waals surface area contributed by atoms with Gasteiger partial charge in [0, 0.05) is 11.2 Å². The van der Waals surface area contributed by atoms with Crippen LogP contribution in [0.25, 0.3) is 0 Å². The summed E-state index contributed by atoms with van der Waals surface area (Å²) in [6.07, 6.45) is 10.4. The fourth-order valence-electron chi connectivity index (χ4n) is 1.25. The van der Waals surface area contributed by atoms with Crippen molar-refractivity contribution in [3.8, 4) is 0 Å². The second-order valence-corrected chi connectivity index (χ2v) is 3.96. The minimum absolute atomic E-state index is 0.370. The van der Waals surface area contributed by atoms with Gasteiger partial charge in [-0.2, -0.15) is 0 Å². The van der Waals surface area contributed by atoms with Gasteiger partial charge in [-0.05, 0) is 6.42 Å². The molecule has 0 amide bonds. The largest absolute Gasteiger partial charge is 0.692 e. The van der Waals surface area contributed by atoms with Crippen LogP contribution in [0.5, 0.6) is 0 Å². The van der Waals surface area contributed by atoms with Crippen LogP contribution < -0.4 is 0 Å². The molecule has 3 N–H and O–H groups in total. The van der Waals surface area contributed by atoms with E-state index in [1.165, 1.54) is 44.9 Å². The number of aliphatic hydroxyl groups is 1. The maximum atomic E-state index is 8.70. The van der Waals surface area contributed by atoms with E-state index >= 15 is 0 Å². The van der Waals surface area contributed by atoms with E-state index in [1.807, 2.05) is 0 Å². The van der Waals surface area contributed by atoms with Crippen LogP contribution in [0.1, 0.15) is 58.3 Å². The van der Waals surface area contributed by atoms with Crippen LogP contribution in [0, 0.1) is 0 Å². The molecule has 0 fully saturated rings. The van der Waals surface area contributed by atoms with Gasteiger partial charge in [0.15, 0.2) is 0 Å². The maximum Gasteiger partial charge on any atom is 0.692 e. The van der Waals surface area contributed by atoms with Crippen molar-refractivity contribution in [3.05, 3.63) is 0 Å². The summed E-state index contributed by atoms with van der Waals surface area (Å²) in [6, 6.07) is 0. The van der Waals surface area contributed by atoms with Crippen molar-refractivity contribution in [2.24, 2.45) is 0 Å². The fraction of sp³-hybridized carbons (Fsp3) is 1.00. The molecule has 0 rings (SSSR count). The first kappa shape index (κ1) is 17.4. The normalized spacial score (nSPS) is 9.33. The van der Waals surface area contributed by atoms with E-state index in [0.717, 1.165) is 6.42 Å². The Hall–Kier alpha value is -0.0200. The van der Waals surface area contributed by atoms with Gasteiger partial charge >= 0.3 is 8.25 Å². The van der Waals surface area contributed by atoms with Gasteiger partial charge in [0.1, 0.15) is 0 Å². The molecule has 4 nitrogen and oxygen atoms in total. The molecule has 0 aliphatic rings. The molecule has 0 radical (unpaired) electrons. The molecule has 0 aromatic heterocycles. The van der Waals surface area contributed by atoms with E-state index in [0.29, 0.717) is 6.61 Å². The third-order valence-corrected chi connectivity index (χ3v) is 2.01. The third-order valence-electron chi connectivity index (χ3n) is 2.01. The van der Waals surface area contributed by atoms with Crippen LogP contribution >= 0.6 is 8.25 Å². The van der Waals surface area contributed by atoms with Gasteiger partial charge in [0.25, 0.3) is 0 Å². The van der Waals surface area contributed by atoms with Gasteiger partial charge in [-0.1, -0.05) is 51.9 Å². The standard InChI is InChI=1S/C10H22O.HO3P/c1-2-3-4-5-6-7-8-9-10-11;1-4(2)3/h11H,2-10H2,1H3;(H-,1,2,3)/p+1. The number of aliphatic hydroxyl groups excluding tert-OH is 1. The molecule has 0 atom stereocenters. The Morgan fingerprint density at radius 1 is 0.867 bits per heavy atom. The molecular formula is C10H24O4P+. The van der Waals surface area contributed by atoms with E-state index in [4.69, 9.17) is 19.5 Å². The Morgan fingerprint density at radius 3 is 1.53 bits per heavy atom. The molecule has 0 aromatic carbocycles. The van der Waals surface area contributed by atoms with Gasteiger partial charge in [0.05, 0.1) is 0 Å². The molecule has 0 aliphatic carbocycles. The number of hydrogen-bond acceptors (Lipinski definition) is 2. The zero-order chi connectivity index (χ0) is 11.9. The number of hydrogen-bond donors (Lipinski definition) is 3. The first-order chi connectivity index (χ1) is 7.15. The second kappa shape index (κ2) is 16.4. The van der Waals surface area contributed by atoms with E-state index in [-0.39, 0.29) is 0 Å².